The molecule has 1 aliphatic rings. The third-order valence-corrected chi connectivity index (χ3v) is 7.87. The van der Waals surface area contributed by atoms with Crippen LogP contribution < -0.4 is 24.3 Å². The van der Waals surface area contributed by atoms with Crippen LogP contribution >= 0.6 is 0 Å². The molecule has 0 saturated heterocycles. The molecule has 2 N–H and O–H groups in total. The molecule has 0 fully saturated rings. The summed E-state index contributed by atoms with van der Waals surface area (Å²) in [5.74, 6) is 3.07. The summed E-state index contributed by atoms with van der Waals surface area (Å²) in [7, 11) is 1.71. The highest BCUT2D eigenvalue weighted by molar-refractivity contribution is 5.50. The number of fused-ring (bicyclic) bond motifs is 1. The molecular weight excluding hydrogens is 534 g/mol. The molecule has 0 amide bonds. The van der Waals surface area contributed by atoms with Gasteiger partial charge in [0, 0.05) is 18.4 Å². The fourth-order valence-electron chi connectivity index (χ4n) is 5.58. The average molecular weight is 573 g/mol. The Bertz CT molecular complexity index is 1610. The van der Waals surface area contributed by atoms with E-state index in [-0.39, 0.29) is 6.04 Å². The molecule has 0 saturated carbocycles. The van der Waals surface area contributed by atoms with Gasteiger partial charge in [0.05, 0.1) is 13.7 Å². The van der Waals surface area contributed by atoms with E-state index in [1.807, 2.05) is 60.7 Å². The van der Waals surface area contributed by atoms with Gasteiger partial charge in [-0.25, -0.2) is 0 Å². The van der Waals surface area contributed by atoms with Crippen LogP contribution in [0.15, 0.2) is 121 Å². The molecule has 5 heteroatoms. The molecule has 1 heterocycles. The highest BCUT2D eigenvalue weighted by atomic mass is 16.5. The monoisotopic (exact) mass is 572 g/mol. The van der Waals surface area contributed by atoms with Crippen molar-refractivity contribution in [2.24, 2.45) is 0 Å². The first-order chi connectivity index (χ1) is 21.2. The molecule has 43 heavy (non-hydrogen) atoms. The maximum atomic E-state index is 6.36. The topological polar surface area (TPSA) is 53.5 Å². The predicted molar refractivity (Wildman–Crippen MR) is 169 cm³/mol. The van der Waals surface area contributed by atoms with Gasteiger partial charge in [0.15, 0.2) is 23.0 Å². The molecule has 5 nitrogen and oxygen atoms in total. The summed E-state index contributed by atoms with van der Waals surface area (Å²) in [6.45, 7) is 2.49. The van der Waals surface area contributed by atoms with E-state index >= 15 is 0 Å². The van der Waals surface area contributed by atoms with Gasteiger partial charge in [0.25, 0.3) is 0 Å². The molecule has 1 aliphatic heterocycles. The minimum absolute atomic E-state index is 0.256. The number of benzene rings is 5. The van der Waals surface area contributed by atoms with Crippen molar-refractivity contribution in [3.63, 3.8) is 0 Å². The standard InChI is InChI=1S/C38H37NO4/c1-40-36-23-32-19-20-39-34(33(32)24-38(36)43-27-30-15-9-4-10-16-30)21-31-17-18-35(41-25-28-11-5-2-6-12-28)37(22-31)42-26-29-13-7-3-8-14-29/h2-18,22-24,34,39H,19-21,25-27H2,1H3/p+1/t34-/m0/s1. The lowest BCUT2D eigenvalue weighted by atomic mass is 9.89. The molecule has 0 spiro atoms. The van der Waals surface area contributed by atoms with Gasteiger partial charge in [-0.1, -0.05) is 97.1 Å². The molecule has 1 atom stereocenters. The number of quaternary nitrogens is 1. The number of rotatable bonds is 12. The van der Waals surface area contributed by atoms with Crippen LogP contribution in [0.1, 0.15) is 39.4 Å². The van der Waals surface area contributed by atoms with E-state index in [1.54, 1.807) is 7.11 Å². The Hall–Kier alpha value is -4.74. The van der Waals surface area contributed by atoms with Gasteiger partial charge in [-0.2, -0.15) is 0 Å². The summed E-state index contributed by atoms with van der Waals surface area (Å²) in [6, 6.07) is 41.6. The Morgan fingerprint density at radius 3 is 1.65 bits per heavy atom. The lowest BCUT2D eigenvalue weighted by molar-refractivity contribution is -0.698. The van der Waals surface area contributed by atoms with E-state index in [4.69, 9.17) is 18.9 Å². The number of methoxy groups -OCH3 is 1. The third-order valence-electron chi connectivity index (χ3n) is 7.87. The molecule has 0 aromatic heterocycles. The molecule has 5 aromatic rings. The molecule has 0 bridgehead atoms. The summed E-state index contributed by atoms with van der Waals surface area (Å²) in [6.07, 6.45) is 1.86. The van der Waals surface area contributed by atoms with Crippen LogP contribution in [0.25, 0.3) is 0 Å². The van der Waals surface area contributed by atoms with Gasteiger partial charge < -0.3 is 24.3 Å². The minimum atomic E-state index is 0.256. The third kappa shape index (κ3) is 7.37. The van der Waals surface area contributed by atoms with Crippen LogP contribution in [0.5, 0.6) is 23.0 Å². The number of nitrogens with two attached hydrogens (primary N) is 1. The molecule has 0 radical (unpaired) electrons. The largest absolute Gasteiger partial charge is 0.493 e. The van der Waals surface area contributed by atoms with Crippen molar-refractivity contribution >= 4 is 0 Å². The summed E-state index contributed by atoms with van der Waals surface area (Å²) >= 11 is 0. The summed E-state index contributed by atoms with van der Waals surface area (Å²) < 4.78 is 24.6. The van der Waals surface area contributed by atoms with Gasteiger partial charge in [-0.15, -0.1) is 0 Å². The molecule has 6 rings (SSSR count). The second-order valence-corrected chi connectivity index (χ2v) is 10.9. The smallest absolute Gasteiger partial charge is 0.162 e. The quantitative estimate of drug-likeness (QED) is 0.178. The van der Waals surface area contributed by atoms with E-state index in [2.05, 4.69) is 66.0 Å². The van der Waals surface area contributed by atoms with Gasteiger partial charge >= 0.3 is 0 Å². The molecular formula is C38H38NO4+. The Labute approximate surface area is 254 Å². The van der Waals surface area contributed by atoms with Crippen LogP contribution in [0.3, 0.4) is 0 Å². The van der Waals surface area contributed by atoms with Crippen LogP contribution in [0.4, 0.5) is 0 Å². The Kier molecular flexibility index (Phi) is 9.21. The maximum absolute atomic E-state index is 6.36. The normalized spacial score (nSPS) is 14.0. The number of ether oxygens (including phenoxy) is 4. The van der Waals surface area contributed by atoms with Crippen molar-refractivity contribution < 1.29 is 24.3 Å². The van der Waals surface area contributed by atoms with Crippen molar-refractivity contribution in [2.75, 3.05) is 13.7 Å². The first-order valence-corrected chi connectivity index (χ1v) is 14.9. The first kappa shape index (κ1) is 28.4. The zero-order chi connectivity index (χ0) is 29.3. The summed E-state index contributed by atoms with van der Waals surface area (Å²) in [4.78, 5) is 0. The van der Waals surface area contributed by atoms with E-state index in [1.165, 1.54) is 16.7 Å². The number of hydrogen-bond acceptors (Lipinski definition) is 4. The number of hydrogen-bond donors (Lipinski definition) is 1. The van der Waals surface area contributed by atoms with Crippen LogP contribution in [-0.4, -0.2) is 13.7 Å². The molecule has 0 unspecified atom stereocenters. The molecule has 218 valence electrons. The van der Waals surface area contributed by atoms with Crippen molar-refractivity contribution in [1.29, 1.82) is 0 Å². The minimum Gasteiger partial charge on any atom is -0.493 e. The fourth-order valence-corrected chi connectivity index (χ4v) is 5.58. The van der Waals surface area contributed by atoms with Crippen molar-refractivity contribution in [2.45, 2.75) is 38.7 Å². The van der Waals surface area contributed by atoms with Crippen molar-refractivity contribution in [3.05, 3.63) is 155 Å². The van der Waals surface area contributed by atoms with E-state index in [0.29, 0.717) is 19.8 Å². The first-order valence-electron chi connectivity index (χ1n) is 14.9. The lowest BCUT2D eigenvalue weighted by Crippen LogP contribution is -2.87. The van der Waals surface area contributed by atoms with E-state index in [0.717, 1.165) is 59.1 Å². The highest BCUT2D eigenvalue weighted by Gasteiger charge is 2.26. The zero-order valence-corrected chi connectivity index (χ0v) is 24.6. The van der Waals surface area contributed by atoms with Crippen LogP contribution in [0.2, 0.25) is 0 Å². The van der Waals surface area contributed by atoms with Crippen LogP contribution in [-0.2, 0) is 32.7 Å². The Morgan fingerprint density at radius 2 is 1.09 bits per heavy atom. The summed E-state index contributed by atoms with van der Waals surface area (Å²) in [5, 5.41) is 2.43. The fraction of sp³-hybridized carbons (Fsp3) is 0.211. The maximum Gasteiger partial charge on any atom is 0.162 e. The van der Waals surface area contributed by atoms with Gasteiger partial charge in [0.1, 0.15) is 25.9 Å². The molecule has 5 aromatic carbocycles. The Morgan fingerprint density at radius 1 is 0.558 bits per heavy atom. The Balaban J connectivity index is 1.23. The van der Waals surface area contributed by atoms with Crippen molar-refractivity contribution in [3.8, 4) is 23.0 Å². The van der Waals surface area contributed by atoms with Gasteiger partial charge in [-0.05, 0) is 52.1 Å². The van der Waals surface area contributed by atoms with Crippen molar-refractivity contribution in [1.82, 2.24) is 0 Å². The highest BCUT2D eigenvalue weighted by Crippen LogP contribution is 2.36. The summed E-state index contributed by atoms with van der Waals surface area (Å²) in [5.41, 5.74) is 7.18. The SMILES string of the molecule is COc1cc2c(cc1OCc1ccccc1)[C@H](Cc1ccc(OCc3ccccc3)c(OCc3ccccc3)c1)[NH2+]CC2. The van der Waals surface area contributed by atoms with E-state index in [9.17, 15) is 0 Å². The van der Waals surface area contributed by atoms with Crippen LogP contribution in [0, 0.1) is 0 Å². The predicted octanol–water partition coefficient (Wildman–Crippen LogP) is 6.84. The lowest BCUT2D eigenvalue weighted by Gasteiger charge is -2.26. The second-order valence-electron chi connectivity index (χ2n) is 10.9. The second kappa shape index (κ2) is 14.0. The van der Waals surface area contributed by atoms with Gasteiger partial charge in [0.2, 0.25) is 0 Å². The van der Waals surface area contributed by atoms with E-state index < -0.39 is 0 Å². The zero-order valence-electron chi connectivity index (χ0n) is 24.6. The molecule has 0 aliphatic carbocycles. The van der Waals surface area contributed by atoms with Gasteiger partial charge in [-0.3, -0.25) is 0 Å². The average Bonchev–Trinajstić information content (AvgIpc) is 3.07.